The van der Waals surface area contributed by atoms with E-state index in [4.69, 9.17) is 9.84 Å². The first-order valence-corrected chi connectivity index (χ1v) is 6.20. The molecule has 1 aromatic carbocycles. The Morgan fingerprint density at radius 2 is 2.11 bits per heavy atom. The van der Waals surface area contributed by atoms with Gasteiger partial charge in [0.25, 0.3) is 5.69 Å². The summed E-state index contributed by atoms with van der Waals surface area (Å²) in [6.45, 7) is 4.74. The van der Waals surface area contributed by atoms with Crippen molar-refractivity contribution in [2.45, 2.75) is 26.3 Å². The van der Waals surface area contributed by atoms with E-state index in [-0.39, 0.29) is 18.3 Å². The maximum absolute atomic E-state index is 10.9. The van der Waals surface area contributed by atoms with Crippen LogP contribution in [0.15, 0.2) is 18.2 Å². The predicted molar refractivity (Wildman–Crippen MR) is 73.8 cm³/mol. The lowest BCUT2D eigenvalue weighted by atomic mass is 10.2. The third-order valence-corrected chi connectivity index (χ3v) is 2.83. The standard InChI is InChI=1S/C13H20N2O4/c1-10(2)14(5-4-6-16)11-7-12(15(17)18)9-13(8-11)19-3/h7-10,16H,4-6H2,1-3H3. The smallest absolute Gasteiger partial charge is 0.275 e. The number of ether oxygens (including phenoxy) is 1. The number of nitro benzene ring substituents is 1. The third kappa shape index (κ3) is 4.10. The SMILES string of the molecule is COc1cc(N(CCCO)C(C)C)cc([N+](=O)[O-])c1. The van der Waals surface area contributed by atoms with Gasteiger partial charge in [-0.2, -0.15) is 0 Å². The van der Waals surface area contributed by atoms with Crippen molar-refractivity contribution in [1.82, 2.24) is 0 Å². The molecule has 0 bridgehead atoms. The zero-order chi connectivity index (χ0) is 14.4. The van der Waals surface area contributed by atoms with Gasteiger partial charge in [-0.25, -0.2) is 0 Å². The lowest BCUT2D eigenvalue weighted by Crippen LogP contribution is -2.32. The molecule has 0 aliphatic heterocycles. The van der Waals surface area contributed by atoms with Crippen LogP contribution in [0.1, 0.15) is 20.3 Å². The molecule has 0 aliphatic rings. The normalized spacial score (nSPS) is 10.6. The molecular formula is C13H20N2O4. The topological polar surface area (TPSA) is 75.8 Å². The number of non-ortho nitro benzene ring substituents is 1. The number of hydrogen-bond donors (Lipinski definition) is 1. The van der Waals surface area contributed by atoms with Gasteiger partial charge >= 0.3 is 0 Å². The Kier molecular flexibility index (Phi) is 5.57. The Hall–Kier alpha value is -1.82. The molecular weight excluding hydrogens is 248 g/mol. The second kappa shape index (κ2) is 6.94. The second-order valence-electron chi connectivity index (χ2n) is 4.51. The molecule has 0 heterocycles. The molecule has 0 radical (unpaired) electrons. The van der Waals surface area contributed by atoms with Crippen LogP contribution in [0.2, 0.25) is 0 Å². The fourth-order valence-corrected chi connectivity index (χ4v) is 1.88. The second-order valence-corrected chi connectivity index (χ2v) is 4.51. The molecule has 0 amide bonds. The van der Waals surface area contributed by atoms with E-state index in [9.17, 15) is 10.1 Å². The molecule has 19 heavy (non-hydrogen) atoms. The van der Waals surface area contributed by atoms with E-state index in [1.54, 1.807) is 6.07 Å². The Morgan fingerprint density at radius 3 is 2.58 bits per heavy atom. The van der Waals surface area contributed by atoms with Crippen molar-refractivity contribution in [2.24, 2.45) is 0 Å². The lowest BCUT2D eigenvalue weighted by Gasteiger charge is -2.29. The van der Waals surface area contributed by atoms with E-state index in [0.29, 0.717) is 18.7 Å². The molecule has 0 saturated carbocycles. The van der Waals surface area contributed by atoms with Crippen molar-refractivity contribution < 1.29 is 14.8 Å². The van der Waals surface area contributed by atoms with Gasteiger partial charge in [0.2, 0.25) is 0 Å². The highest BCUT2D eigenvalue weighted by Crippen LogP contribution is 2.29. The minimum absolute atomic E-state index is 0.00370. The largest absolute Gasteiger partial charge is 0.496 e. The van der Waals surface area contributed by atoms with Crippen LogP contribution in [0.3, 0.4) is 0 Å². The number of rotatable bonds is 7. The number of aliphatic hydroxyl groups excluding tert-OH is 1. The zero-order valence-corrected chi connectivity index (χ0v) is 11.5. The summed E-state index contributed by atoms with van der Waals surface area (Å²) < 4.78 is 5.10. The van der Waals surface area contributed by atoms with Crippen LogP contribution >= 0.6 is 0 Å². The predicted octanol–water partition coefficient (Wildman–Crippen LogP) is 2.20. The molecule has 6 nitrogen and oxygen atoms in total. The van der Waals surface area contributed by atoms with Gasteiger partial charge in [-0.3, -0.25) is 10.1 Å². The summed E-state index contributed by atoms with van der Waals surface area (Å²) in [6.07, 6.45) is 0.614. The summed E-state index contributed by atoms with van der Waals surface area (Å²) in [6, 6.07) is 4.87. The van der Waals surface area contributed by atoms with E-state index >= 15 is 0 Å². The summed E-state index contributed by atoms with van der Waals surface area (Å²) in [5.74, 6) is 0.457. The fraction of sp³-hybridized carbons (Fsp3) is 0.538. The molecule has 0 aliphatic carbocycles. The first-order chi connectivity index (χ1) is 8.99. The maximum atomic E-state index is 10.9. The number of methoxy groups -OCH3 is 1. The van der Waals surface area contributed by atoms with E-state index in [2.05, 4.69) is 0 Å². The molecule has 0 unspecified atom stereocenters. The van der Waals surface area contributed by atoms with E-state index in [1.807, 2.05) is 18.7 Å². The number of hydrogen-bond acceptors (Lipinski definition) is 5. The van der Waals surface area contributed by atoms with Crippen LogP contribution in [0.5, 0.6) is 5.75 Å². The molecule has 0 spiro atoms. The quantitative estimate of drug-likeness (QED) is 0.606. The van der Waals surface area contributed by atoms with Gasteiger partial charge in [0, 0.05) is 37.0 Å². The van der Waals surface area contributed by atoms with Gasteiger partial charge in [-0.1, -0.05) is 0 Å². The van der Waals surface area contributed by atoms with Crippen molar-refractivity contribution in [3.8, 4) is 5.75 Å². The van der Waals surface area contributed by atoms with Crippen LogP contribution in [0.25, 0.3) is 0 Å². The molecule has 106 valence electrons. The van der Waals surface area contributed by atoms with Crippen molar-refractivity contribution in [1.29, 1.82) is 0 Å². The molecule has 1 N–H and O–H groups in total. The van der Waals surface area contributed by atoms with E-state index < -0.39 is 4.92 Å². The van der Waals surface area contributed by atoms with Crippen LogP contribution in [0, 0.1) is 10.1 Å². The molecule has 6 heteroatoms. The highest BCUT2D eigenvalue weighted by atomic mass is 16.6. The molecule has 1 aromatic rings. The Bertz CT molecular complexity index is 435. The lowest BCUT2D eigenvalue weighted by molar-refractivity contribution is -0.384. The van der Waals surface area contributed by atoms with Gasteiger partial charge < -0.3 is 14.7 Å². The van der Waals surface area contributed by atoms with Gasteiger partial charge in [-0.15, -0.1) is 0 Å². The zero-order valence-electron chi connectivity index (χ0n) is 11.5. The van der Waals surface area contributed by atoms with Gasteiger partial charge in [0.1, 0.15) is 5.75 Å². The molecule has 1 rings (SSSR count). The average molecular weight is 268 g/mol. The summed E-state index contributed by atoms with van der Waals surface area (Å²) in [7, 11) is 1.48. The molecule has 0 saturated heterocycles. The minimum atomic E-state index is -0.434. The first kappa shape index (κ1) is 15.2. The number of nitro groups is 1. The monoisotopic (exact) mass is 268 g/mol. The fourth-order valence-electron chi connectivity index (χ4n) is 1.88. The molecule has 0 fully saturated rings. The van der Waals surface area contributed by atoms with Crippen molar-refractivity contribution >= 4 is 11.4 Å². The molecule has 0 atom stereocenters. The Morgan fingerprint density at radius 1 is 1.42 bits per heavy atom. The van der Waals surface area contributed by atoms with E-state index in [0.717, 1.165) is 5.69 Å². The number of aliphatic hydroxyl groups is 1. The number of anilines is 1. The van der Waals surface area contributed by atoms with Crippen LogP contribution in [-0.4, -0.2) is 36.3 Å². The van der Waals surface area contributed by atoms with Gasteiger partial charge in [0.05, 0.1) is 18.1 Å². The third-order valence-electron chi connectivity index (χ3n) is 2.83. The highest BCUT2D eigenvalue weighted by molar-refractivity contribution is 5.58. The van der Waals surface area contributed by atoms with E-state index in [1.165, 1.54) is 19.2 Å². The van der Waals surface area contributed by atoms with Gasteiger partial charge in [-0.05, 0) is 20.3 Å². The Labute approximate surface area is 112 Å². The van der Waals surface area contributed by atoms with Crippen molar-refractivity contribution in [3.05, 3.63) is 28.3 Å². The maximum Gasteiger partial charge on any atom is 0.275 e. The first-order valence-electron chi connectivity index (χ1n) is 6.20. The summed E-state index contributed by atoms with van der Waals surface area (Å²) in [4.78, 5) is 12.5. The minimum Gasteiger partial charge on any atom is -0.496 e. The molecule has 0 aromatic heterocycles. The van der Waals surface area contributed by atoms with Crippen LogP contribution < -0.4 is 9.64 Å². The Balaban J connectivity index is 3.13. The van der Waals surface area contributed by atoms with Crippen LogP contribution in [0.4, 0.5) is 11.4 Å². The van der Waals surface area contributed by atoms with Crippen LogP contribution in [-0.2, 0) is 0 Å². The number of nitrogens with zero attached hydrogens (tertiary/aromatic N) is 2. The summed E-state index contributed by atoms with van der Waals surface area (Å²) >= 11 is 0. The number of benzene rings is 1. The van der Waals surface area contributed by atoms with Crippen molar-refractivity contribution in [2.75, 3.05) is 25.2 Å². The van der Waals surface area contributed by atoms with Gasteiger partial charge in [0.15, 0.2) is 0 Å². The highest BCUT2D eigenvalue weighted by Gasteiger charge is 2.16. The van der Waals surface area contributed by atoms with Crippen molar-refractivity contribution in [3.63, 3.8) is 0 Å². The summed E-state index contributed by atoms with van der Waals surface area (Å²) in [5.41, 5.74) is 0.735. The average Bonchev–Trinajstić information content (AvgIpc) is 2.38. The summed E-state index contributed by atoms with van der Waals surface area (Å²) in [5, 5.41) is 19.8.